The molecule has 1 amide bonds. The van der Waals surface area contributed by atoms with Gasteiger partial charge in [0, 0.05) is 19.6 Å². The van der Waals surface area contributed by atoms with Crippen LogP contribution in [-0.2, 0) is 11.2 Å². The number of nitrogens with zero attached hydrogens (tertiary/aromatic N) is 2. The minimum Gasteiger partial charge on any atom is -0.447 e. The largest absolute Gasteiger partial charge is 0.447 e. The zero-order chi connectivity index (χ0) is 18.6. The van der Waals surface area contributed by atoms with Crippen LogP contribution in [-0.4, -0.2) is 47.4 Å². The first-order valence-corrected chi connectivity index (χ1v) is 9.04. The van der Waals surface area contributed by atoms with Crippen molar-refractivity contribution in [3.8, 4) is 0 Å². The van der Waals surface area contributed by atoms with Crippen molar-refractivity contribution < 1.29 is 9.53 Å². The lowest BCUT2D eigenvalue weighted by Gasteiger charge is -2.45. The fourth-order valence-electron chi connectivity index (χ4n) is 3.32. The number of rotatable bonds is 4. The van der Waals surface area contributed by atoms with Gasteiger partial charge in [0.2, 0.25) is 0 Å². The molecule has 1 atom stereocenters. The number of nitrogens with one attached hydrogen (secondary N) is 1. The van der Waals surface area contributed by atoms with Crippen LogP contribution in [0.5, 0.6) is 0 Å². The van der Waals surface area contributed by atoms with E-state index in [1.165, 1.54) is 0 Å². The summed E-state index contributed by atoms with van der Waals surface area (Å²) in [6.07, 6.45) is 0.345. The number of ether oxygens (including phenoxy) is 1. The monoisotopic (exact) mass is 361 g/mol. The Morgan fingerprint density at radius 1 is 1.48 bits per heavy atom. The molecular formula is C19H27N3O2S. The third-order valence-corrected chi connectivity index (χ3v) is 4.69. The van der Waals surface area contributed by atoms with Crippen LogP contribution < -0.4 is 5.32 Å². The molecule has 5 nitrogen and oxygen atoms in total. The summed E-state index contributed by atoms with van der Waals surface area (Å²) in [4.78, 5) is 18.6. The topological polar surface area (TPSA) is 53.9 Å². The van der Waals surface area contributed by atoms with Crippen molar-refractivity contribution >= 4 is 29.2 Å². The number of benzene rings is 1. The molecule has 136 valence electrons. The summed E-state index contributed by atoms with van der Waals surface area (Å²) < 4.78 is 5.46. The maximum atomic E-state index is 12.6. The van der Waals surface area contributed by atoms with E-state index in [0.717, 1.165) is 41.9 Å². The van der Waals surface area contributed by atoms with Gasteiger partial charge >= 0.3 is 6.09 Å². The number of isothiocyanates is 1. The molecule has 1 N–H and O–H groups in total. The van der Waals surface area contributed by atoms with Gasteiger partial charge in [0.1, 0.15) is 0 Å². The minimum atomic E-state index is -0.360. The van der Waals surface area contributed by atoms with Gasteiger partial charge < -0.3 is 10.1 Å². The number of thiocarbonyl (C=S) groups is 1. The second-order valence-electron chi connectivity index (χ2n) is 7.21. The fourth-order valence-corrected chi connectivity index (χ4v) is 3.42. The van der Waals surface area contributed by atoms with E-state index in [1.807, 2.05) is 38.7 Å². The number of carbonyl (C=O) groups excluding carboxylic acids is 1. The lowest BCUT2D eigenvalue weighted by atomic mass is 9.86. The first-order valence-electron chi connectivity index (χ1n) is 8.64. The molecule has 0 aromatic heterocycles. The van der Waals surface area contributed by atoms with Crippen LogP contribution in [0.3, 0.4) is 0 Å². The van der Waals surface area contributed by atoms with Gasteiger partial charge in [-0.2, -0.15) is 4.99 Å². The van der Waals surface area contributed by atoms with E-state index >= 15 is 0 Å². The molecule has 25 heavy (non-hydrogen) atoms. The van der Waals surface area contributed by atoms with Crippen LogP contribution in [0.25, 0.3) is 0 Å². The molecule has 1 aromatic rings. The third kappa shape index (κ3) is 4.66. The SMILES string of the molecule is Cc1cc(C[C@@]2(C)CNCCN2C(=O)OC(C)C)c(C)c(N=C=S)c1. The molecule has 0 spiro atoms. The average Bonchev–Trinajstić information content (AvgIpc) is 2.51. The molecule has 1 aliphatic heterocycles. The Morgan fingerprint density at radius 2 is 2.20 bits per heavy atom. The zero-order valence-corrected chi connectivity index (χ0v) is 16.5. The van der Waals surface area contributed by atoms with E-state index in [2.05, 4.69) is 28.5 Å². The zero-order valence-electron chi connectivity index (χ0n) is 15.7. The van der Waals surface area contributed by atoms with Crippen LogP contribution in [0.15, 0.2) is 17.1 Å². The van der Waals surface area contributed by atoms with Crippen LogP contribution in [0.2, 0.25) is 0 Å². The standard InChI is InChI=1S/C19H27N3O2S/c1-13(2)24-18(23)22-7-6-20-11-19(22,5)10-16-8-14(3)9-17(15(16)4)21-12-25/h8-9,13,20H,6-7,10-11H2,1-5H3/t19-/m0/s1. The van der Waals surface area contributed by atoms with Gasteiger partial charge in [0.05, 0.1) is 22.5 Å². The van der Waals surface area contributed by atoms with Crippen molar-refractivity contribution in [1.82, 2.24) is 10.2 Å². The smallest absolute Gasteiger partial charge is 0.410 e. The Kier molecular flexibility index (Phi) is 6.33. The maximum Gasteiger partial charge on any atom is 0.410 e. The summed E-state index contributed by atoms with van der Waals surface area (Å²) in [6.45, 7) is 12.1. The van der Waals surface area contributed by atoms with Gasteiger partial charge in [-0.25, -0.2) is 4.79 Å². The molecule has 0 unspecified atom stereocenters. The summed E-state index contributed by atoms with van der Waals surface area (Å²) in [5.41, 5.74) is 3.84. The quantitative estimate of drug-likeness (QED) is 0.655. The van der Waals surface area contributed by atoms with Crippen molar-refractivity contribution in [3.63, 3.8) is 0 Å². The van der Waals surface area contributed by atoms with Crippen LogP contribution in [0.1, 0.15) is 37.5 Å². The highest BCUT2D eigenvalue weighted by Crippen LogP contribution is 2.30. The van der Waals surface area contributed by atoms with E-state index < -0.39 is 0 Å². The van der Waals surface area contributed by atoms with Gasteiger partial charge in [-0.05, 0) is 76.0 Å². The minimum absolute atomic E-state index is 0.129. The van der Waals surface area contributed by atoms with Gasteiger partial charge in [-0.3, -0.25) is 4.90 Å². The predicted octanol–water partition coefficient (Wildman–Crippen LogP) is 3.79. The molecule has 6 heteroatoms. The Labute approximate surface area is 155 Å². The van der Waals surface area contributed by atoms with Crippen LogP contribution in [0.4, 0.5) is 10.5 Å². The van der Waals surface area contributed by atoms with E-state index in [0.29, 0.717) is 6.54 Å². The highest BCUT2D eigenvalue weighted by molar-refractivity contribution is 7.78. The molecule has 1 aliphatic rings. The molecule has 0 bridgehead atoms. The molecule has 2 rings (SSSR count). The van der Waals surface area contributed by atoms with Crippen molar-refractivity contribution in [1.29, 1.82) is 0 Å². The van der Waals surface area contributed by atoms with Gasteiger partial charge in [0.15, 0.2) is 0 Å². The first-order chi connectivity index (χ1) is 11.8. The van der Waals surface area contributed by atoms with Crippen molar-refractivity contribution in [2.75, 3.05) is 19.6 Å². The van der Waals surface area contributed by atoms with Crippen molar-refractivity contribution in [2.24, 2.45) is 4.99 Å². The number of aliphatic imine (C=N–C) groups is 1. The predicted molar refractivity (Wildman–Crippen MR) is 104 cm³/mol. The summed E-state index contributed by atoms with van der Waals surface area (Å²) in [7, 11) is 0. The average molecular weight is 362 g/mol. The molecular weight excluding hydrogens is 334 g/mol. The lowest BCUT2D eigenvalue weighted by Crippen LogP contribution is -2.62. The molecule has 1 saturated heterocycles. The molecule has 1 heterocycles. The van der Waals surface area contributed by atoms with E-state index in [4.69, 9.17) is 17.0 Å². The summed E-state index contributed by atoms with van der Waals surface area (Å²) in [6, 6.07) is 4.16. The highest BCUT2D eigenvalue weighted by atomic mass is 32.1. The Morgan fingerprint density at radius 3 is 2.84 bits per heavy atom. The van der Waals surface area contributed by atoms with Crippen molar-refractivity contribution in [2.45, 2.75) is 52.7 Å². The number of carbonyl (C=O) groups is 1. The highest BCUT2D eigenvalue weighted by Gasteiger charge is 2.39. The summed E-state index contributed by atoms with van der Waals surface area (Å²) in [5, 5.41) is 5.86. The lowest BCUT2D eigenvalue weighted by molar-refractivity contribution is 0.0272. The molecule has 0 radical (unpaired) electrons. The molecule has 1 aromatic carbocycles. The number of hydrogen-bond donors (Lipinski definition) is 1. The third-order valence-electron chi connectivity index (χ3n) is 4.60. The molecule has 0 saturated carbocycles. The Hall–Kier alpha value is -1.75. The van der Waals surface area contributed by atoms with E-state index in [1.54, 1.807) is 0 Å². The summed E-state index contributed by atoms with van der Waals surface area (Å²) in [5.74, 6) is 0. The van der Waals surface area contributed by atoms with Gasteiger partial charge in [-0.1, -0.05) is 6.07 Å². The number of piperazine rings is 1. The number of hydrogen-bond acceptors (Lipinski definition) is 5. The fraction of sp³-hybridized carbons (Fsp3) is 0.579. The Bertz CT molecular complexity index is 698. The normalized spacial score (nSPS) is 20.3. The van der Waals surface area contributed by atoms with Crippen LogP contribution in [0, 0.1) is 13.8 Å². The summed E-state index contributed by atoms with van der Waals surface area (Å²) >= 11 is 4.76. The Balaban J connectivity index is 2.35. The van der Waals surface area contributed by atoms with Crippen LogP contribution >= 0.6 is 12.2 Å². The van der Waals surface area contributed by atoms with E-state index in [9.17, 15) is 4.79 Å². The first kappa shape index (κ1) is 19.6. The van der Waals surface area contributed by atoms with Gasteiger partial charge in [0.25, 0.3) is 0 Å². The van der Waals surface area contributed by atoms with Gasteiger partial charge in [-0.15, -0.1) is 0 Å². The maximum absolute atomic E-state index is 12.6. The molecule has 1 fully saturated rings. The number of amides is 1. The number of aryl methyl sites for hydroxylation is 1. The second-order valence-corrected chi connectivity index (χ2v) is 7.39. The second kappa shape index (κ2) is 8.09. The molecule has 0 aliphatic carbocycles. The van der Waals surface area contributed by atoms with E-state index in [-0.39, 0.29) is 17.7 Å². The van der Waals surface area contributed by atoms with Crippen molar-refractivity contribution in [3.05, 3.63) is 28.8 Å².